The molecule has 0 aliphatic carbocycles. The molecule has 0 N–H and O–H groups in total. The zero-order valence-corrected chi connectivity index (χ0v) is 13.5. The van der Waals surface area contributed by atoms with E-state index < -0.39 is 0 Å². The van der Waals surface area contributed by atoms with Crippen LogP contribution in [0.1, 0.15) is 5.01 Å². The predicted octanol–water partition coefficient (Wildman–Crippen LogP) is 4.97. The van der Waals surface area contributed by atoms with Crippen molar-refractivity contribution in [3.8, 4) is 34.1 Å². The Balaban J connectivity index is 1.64. The average molecular weight is 337 g/mol. The van der Waals surface area contributed by atoms with Crippen molar-refractivity contribution in [3.05, 3.63) is 64.7 Å². The fraction of sp³-hybridized carbons (Fsp3) is 0.0556. The highest BCUT2D eigenvalue weighted by atomic mass is 32.1. The van der Waals surface area contributed by atoms with Gasteiger partial charge in [-0.15, -0.1) is 11.3 Å². The summed E-state index contributed by atoms with van der Waals surface area (Å²) in [6.07, 6.45) is 0. The van der Waals surface area contributed by atoms with Gasteiger partial charge in [-0.3, -0.25) is 0 Å². The van der Waals surface area contributed by atoms with Gasteiger partial charge in [0.15, 0.2) is 0 Å². The maximum Gasteiger partial charge on any atom is 0.261 e. The third-order valence-corrected chi connectivity index (χ3v) is 4.36. The molecule has 0 bridgehead atoms. The maximum absolute atomic E-state index is 13.8. The SMILES string of the molecule is Cc1nc(-c2ccc(-c3noc(-c4ccccc4F)n3)cc2)cs1. The van der Waals surface area contributed by atoms with Gasteiger partial charge in [-0.05, 0) is 19.1 Å². The number of halogens is 1. The first-order valence-corrected chi connectivity index (χ1v) is 8.20. The van der Waals surface area contributed by atoms with Gasteiger partial charge in [0, 0.05) is 16.5 Å². The Hall–Kier alpha value is -2.86. The molecule has 0 saturated carbocycles. The van der Waals surface area contributed by atoms with Gasteiger partial charge in [0.2, 0.25) is 5.82 Å². The summed E-state index contributed by atoms with van der Waals surface area (Å²) in [6, 6.07) is 14.1. The van der Waals surface area contributed by atoms with Gasteiger partial charge < -0.3 is 4.52 Å². The van der Waals surface area contributed by atoms with Crippen LogP contribution in [0.2, 0.25) is 0 Å². The second kappa shape index (κ2) is 5.98. The molecule has 4 rings (SSSR count). The molecule has 0 saturated heterocycles. The highest BCUT2D eigenvalue weighted by Gasteiger charge is 2.14. The molecule has 0 spiro atoms. The molecule has 2 heterocycles. The normalized spacial score (nSPS) is 10.9. The molecular formula is C18H12FN3OS. The Bertz CT molecular complexity index is 991. The summed E-state index contributed by atoms with van der Waals surface area (Å²) in [4.78, 5) is 8.75. The first-order chi connectivity index (χ1) is 11.7. The van der Waals surface area contributed by atoms with Crippen LogP contribution in [-0.2, 0) is 0 Å². The molecule has 118 valence electrons. The Labute approximate surface area is 141 Å². The highest BCUT2D eigenvalue weighted by molar-refractivity contribution is 7.09. The minimum atomic E-state index is -0.387. The second-order valence-electron chi connectivity index (χ2n) is 5.23. The first kappa shape index (κ1) is 14.7. The van der Waals surface area contributed by atoms with Gasteiger partial charge in [-0.2, -0.15) is 4.98 Å². The average Bonchev–Trinajstić information content (AvgIpc) is 3.25. The topological polar surface area (TPSA) is 51.8 Å². The van der Waals surface area contributed by atoms with Crippen molar-refractivity contribution in [2.75, 3.05) is 0 Å². The van der Waals surface area contributed by atoms with Crippen molar-refractivity contribution in [1.82, 2.24) is 15.1 Å². The number of hydrogen-bond acceptors (Lipinski definition) is 5. The third kappa shape index (κ3) is 2.72. The van der Waals surface area contributed by atoms with E-state index in [1.165, 1.54) is 6.07 Å². The molecule has 0 fully saturated rings. The first-order valence-electron chi connectivity index (χ1n) is 7.32. The molecule has 2 aromatic carbocycles. The van der Waals surface area contributed by atoms with Crippen molar-refractivity contribution in [3.63, 3.8) is 0 Å². The number of aromatic nitrogens is 3. The van der Waals surface area contributed by atoms with Gasteiger partial charge in [-0.1, -0.05) is 41.6 Å². The Morgan fingerprint density at radius 2 is 1.71 bits per heavy atom. The number of aryl methyl sites for hydroxylation is 1. The number of rotatable bonds is 3. The van der Waals surface area contributed by atoms with E-state index in [0.29, 0.717) is 11.4 Å². The monoisotopic (exact) mass is 337 g/mol. The van der Waals surface area contributed by atoms with Crippen molar-refractivity contribution >= 4 is 11.3 Å². The smallest absolute Gasteiger partial charge is 0.261 e. The summed E-state index contributed by atoms with van der Waals surface area (Å²) >= 11 is 1.62. The van der Waals surface area contributed by atoms with Gasteiger partial charge in [0.05, 0.1) is 16.3 Å². The molecule has 2 aromatic heterocycles. The fourth-order valence-electron chi connectivity index (χ4n) is 2.37. The van der Waals surface area contributed by atoms with E-state index in [9.17, 15) is 4.39 Å². The van der Waals surface area contributed by atoms with Crippen LogP contribution < -0.4 is 0 Å². The largest absolute Gasteiger partial charge is 0.334 e. The van der Waals surface area contributed by atoms with E-state index in [0.717, 1.165) is 21.8 Å². The molecule has 0 amide bonds. The maximum atomic E-state index is 13.8. The second-order valence-corrected chi connectivity index (χ2v) is 6.29. The van der Waals surface area contributed by atoms with E-state index in [2.05, 4.69) is 15.1 Å². The van der Waals surface area contributed by atoms with E-state index in [1.54, 1.807) is 29.5 Å². The fourth-order valence-corrected chi connectivity index (χ4v) is 2.99. The molecule has 0 aliphatic rings. The van der Waals surface area contributed by atoms with E-state index in [4.69, 9.17) is 4.52 Å². The minimum absolute atomic E-state index is 0.169. The Morgan fingerprint density at radius 1 is 0.958 bits per heavy atom. The molecule has 4 aromatic rings. The predicted molar refractivity (Wildman–Crippen MR) is 91.0 cm³/mol. The zero-order valence-electron chi connectivity index (χ0n) is 12.7. The van der Waals surface area contributed by atoms with Crippen LogP contribution in [0.15, 0.2) is 58.4 Å². The minimum Gasteiger partial charge on any atom is -0.334 e. The molecule has 0 radical (unpaired) electrons. The van der Waals surface area contributed by atoms with Crippen LogP contribution in [0.3, 0.4) is 0 Å². The summed E-state index contributed by atoms with van der Waals surface area (Å²) < 4.78 is 19.0. The summed E-state index contributed by atoms with van der Waals surface area (Å²) in [7, 11) is 0. The van der Waals surface area contributed by atoms with E-state index >= 15 is 0 Å². The van der Waals surface area contributed by atoms with Crippen LogP contribution in [0, 0.1) is 12.7 Å². The number of hydrogen-bond donors (Lipinski definition) is 0. The zero-order chi connectivity index (χ0) is 16.5. The summed E-state index contributed by atoms with van der Waals surface area (Å²) in [5.41, 5.74) is 3.08. The quantitative estimate of drug-likeness (QED) is 0.529. The van der Waals surface area contributed by atoms with Crippen molar-refractivity contribution < 1.29 is 8.91 Å². The van der Waals surface area contributed by atoms with Crippen LogP contribution in [0.5, 0.6) is 0 Å². The summed E-state index contributed by atoms with van der Waals surface area (Å²) in [6.45, 7) is 1.98. The van der Waals surface area contributed by atoms with Crippen molar-refractivity contribution in [2.45, 2.75) is 6.92 Å². The van der Waals surface area contributed by atoms with Crippen LogP contribution in [-0.4, -0.2) is 15.1 Å². The summed E-state index contributed by atoms with van der Waals surface area (Å²) in [5.74, 6) is 0.207. The lowest BCUT2D eigenvalue weighted by Crippen LogP contribution is -1.85. The highest BCUT2D eigenvalue weighted by Crippen LogP contribution is 2.27. The number of benzene rings is 2. The van der Waals surface area contributed by atoms with Gasteiger partial charge in [0.1, 0.15) is 5.82 Å². The Morgan fingerprint density at radius 3 is 2.42 bits per heavy atom. The molecule has 0 aliphatic heterocycles. The molecule has 0 unspecified atom stereocenters. The van der Waals surface area contributed by atoms with Gasteiger partial charge in [-0.25, -0.2) is 9.37 Å². The lowest BCUT2D eigenvalue weighted by molar-refractivity contribution is 0.429. The number of nitrogens with zero attached hydrogens (tertiary/aromatic N) is 3. The van der Waals surface area contributed by atoms with E-state index in [1.807, 2.05) is 36.6 Å². The lowest BCUT2D eigenvalue weighted by Gasteiger charge is -1.98. The van der Waals surface area contributed by atoms with Gasteiger partial charge in [0.25, 0.3) is 5.89 Å². The van der Waals surface area contributed by atoms with Crippen molar-refractivity contribution in [1.29, 1.82) is 0 Å². The lowest BCUT2D eigenvalue weighted by atomic mass is 10.1. The van der Waals surface area contributed by atoms with Crippen LogP contribution in [0.25, 0.3) is 34.1 Å². The number of thiazole rings is 1. The molecule has 0 atom stereocenters. The molecule has 4 nitrogen and oxygen atoms in total. The molecule has 6 heteroatoms. The van der Waals surface area contributed by atoms with E-state index in [-0.39, 0.29) is 11.7 Å². The standard InChI is InChI=1S/C18H12FN3OS/c1-11-20-16(10-24-11)12-6-8-13(9-7-12)17-21-18(23-22-17)14-4-2-3-5-15(14)19/h2-10H,1H3. The van der Waals surface area contributed by atoms with Gasteiger partial charge >= 0.3 is 0 Å². The summed E-state index contributed by atoms with van der Waals surface area (Å²) in [5, 5.41) is 7.00. The Kier molecular flexibility index (Phi) is 3.66. The molecule has 24 heavy (non-hydrogen) atoms. The van der Waals surface area contributed by atoms with Crippen LogP contribution >= 0.6 is 11.3 Å². The van der Waals surface area contributed by atoms with Crippen molar-refractivity contribution in [2.24, 2.45) is 0 Å². The molecular weight excluding hydrogens is 325 g/mol. The third-order valence-electron chi connectivity index (χ3n) is 3.59. The van der Waals surface area contributed by atoms with Crippen LogP contribution in [0.4, 0.5) is 4.39 Å².